The molecule has 0 aliphatic heterocycles. The van der Waals surface area contributed by atoms with Gasteiger partial charge in [-0.1, -0.05) is 74.0 Å². The molecular formula is C24H32O3. The number of carbonyl (C=O) groups is 1. The van der Waals surface area contributed by atoms with Gasteiger partial charge in [0.1, 0.15) is 0 Å². The average molecular weight is 369 g/mol. The van der Waals surface area contributed by atoms with Crippen LogP contribution in [-0.4, -0.2) is 12.6 Å². The summed E-state index contributed by atoms with van der Waals surface area (Å²) in [6.07, 6.45) is 1.30. The summed E-state index contributed by atoms with van der Waals surface area (Å²) >= 11 is 0. The summed E-state index contributed by atoms with van der Waals surface area (Å²) in [4.78, 5) is 12.5. The number of esters is 1. The number of hydrogen-bond donors (Lipinski definition) is 0. The van der Waals surface area contributed by atoms with Crippen molar-refractivity contribution < 1.29 is 14.3 Å². The van der Waals surface area contributed by atoms with Crippen LogP contribution in [0, 0.1) is 18.8 Å². The molecule has 3 heteroatoms. The monoisotopic (exact) mass is 368 g/mol. The van der Waals surface area contributed by atoms with E-state index in [0.717, 1.165) is 17.5 Å². The topological polar surface area (TPSA) is 35.5 Å². The first kappa shape index (κ1) is 21.2. The minimum atomic E-state index is -0.159. The predicted molar refractivity (Wildman–Crippen MR) is 109 cm³/mol. The third-order valence-corrected chi connectivity index (χ3v) is 4.62. The van der Waals surface area contributed by atoms with E-state index in [2.05, 4.69) is 57.2 Å². The molecular weight excluding hydrogens is 336 g/mol. The second-order valence-electron chi connectivity index (χ2n) is 7.51. The first-order chi connectivity index (χ1) is 13.0. The van der Waals surface area contributed by atoms with Crippen LogP contribution in [0.1, 0.15) is 56.4 Å². The molecule has 0 fully saturated rings. The van der Waals surface area contributed by atoms with Crippen LogP contribution in [0.15, 0.2) is 54.6 Å². The maximum Gasteiger partial charge on any atom is 0.309 e. The fourth-order valence-electron chi connectivity index (χ4n) is 3.23. The summed E-state index contributed by atoms with van der Waals surface area (Å²) in [6.45, 7) is 9.14. The van der Waals surface area contributed by atoms with E-state index in [9.17, 15) is 4.79 Å². The second kappa shape index (κ2) is 10.9. The first-order valence-corrected chi connectivity index (χ1v) is 9.88. The van der Waals surface area contributed by atoms with Crippen molar-refractivity contribution in [1.82, 2.24) is 0 Å². The van der Waals surface area contributed by atoms with Crippen LogP contribution in [0.5, 0.6) is 0 Å². The summed E-state index contributed by atoms with van der Waals surface area (Å²) in [6, 6.07) is 18.5. The van der Waals surface area contributed by atoms with E-state index in [-0.39, 0.29) is 18.0 Å². The minimum absolute atomic E-state index is 0.119. The van der Waals surface area contributed by atoms with Crippen LogP contribution in [0.4, 0.5) is 0 Å². The van der Waals surface area contributed by atoms with Gasteiger partial charge in [0.05, 0.1) is 25.2 Å². The maximum atomic E-state index is 12.5. The highest BCUT2D eigenvalue weighted by Gasteiger charge is 2.26. The molecule has 0 aromatic heterocycles. The number of hydrogen-bond acceptors (Lipinski definition) is 3. The van der Waals surface area contributed by atoms with Crippen molar-refractivity contribution in [3.05, 3.63) is 71.3 Å². The summed E-state index contributed by atoms with van der Waals surface area (Å²) in [5, 5.41) is 0. The molecule has 0 aliphatic rings. The van der Waals surface area contributed by atoms with E-state index in [1.165, 1.54) is 5.56 Å². The highest BCUT2D eigenvalue weighted by Crippen LogP contribution is 2.30. The Bertz CT molecular complexity index is 677. The first-order valence-electron chi connectivity index (χ1n) is 9.88. The lowest BCUT2D eigenvalue weighted by Crippen LogP contribution is -2.23. The Morgan fingerprint density at radius 2 is 1.63 bits per heavy atom. The molecule has 0 saturated carbocycles. The number of aryl methyl sites for hydroxylation is 1. The normalized spacial score (nSPS) is 13.4. The lowest BCUT2D eigenvalue weighted by atomic mass is 9.89. The molecule has 0 radical (unpaired) electrons. The van der Waals surface area contributed by atoms with Gasteiger partial charge in [0.15, 0.2) is 0 Å². The molecule has 27 heavy (non-hydrogen) atoms. The average Bonchev–Trinajstić information content (AvgIpc) is 2.66. The van der Waals surface area contributed by atoms with Crippen LogP contribution < -0.4 is 0 Å². The fraction of sp³-hybridized carbons (Fsp3) is 0.458. The molecule has 0 amide bonds. The van der Waals surface area contributed by atoms with Gasteiger partial charge in [-0.15, -0.1) is 0 Å². The van der Waals surface area contributed by atoms with Crippen molar-refractivity contribution in [3.63, 3.8) is 0 Å². The summed E-state index contributed by atoms with van der Waals surface area (Å²) in [7, 11) is 0. The fourth-order valence-corrected chi connectivity index (χ4v) is 3.23. The lowest BCUT2D eigenvalue weighted by molar-refractivity contribution is -0.150. The van der Waals surface area contributed by atoms with Crippen LogP contribution in [-0.2, 0) is 20.9 Å². The smallest absolute Gasteiger partial charge is 0.309 e. The molecule has 2 atom stereocenters. The molecule has 146 valence electrons. The van der Waals surface area contributed by atoms with Crippen LogP contribution in [0.2, 0.25) is 0 Å². The zero-order valence-corrected chi connectivity index (χ0v) is 17.0. The minimum Gasteiger partial charge on any atom is -0.466 e. The Balaban J connectivity index is 2.15. The highest BCUT2D eigenvalue weighted by atomic mass is 16.5. The molecule has 0 N–H and O–H groups in total. The van der Waals surface area contributed by atoms with Crippen molar-refractivity contribution in [1.29, 1.82) is 0 Å². The van der Waals surface area contributed by atoms with Crippen molar-refractivity contribution in [2.24, 2.45) is 11.8 Å². The van der Waals surface area contributed by atoms with Crippen LogP contribution in [0.25, 0.3) is 0 Å². The molecule has 2 aromatic rings. The molecule has 2 rings (SSSR count). The van der Waals surface area contributed by atoms with E-state index in [1.807, 2.05) is 25.1 Å². The number of benzene rings is 2. The third kappa shape index (κ3) is 7.18. The summed E-state index contributed by atoms with van der Waals surface area (Å²) < 4.78 is 11.6. The van der Waals surface area contributed by atoms with Crippen LogP contribution >= 0.6 is 0 Å². The zero-order chi connectivity index (χ0) is 19.6. The van der Waals surface area contributed by atoms with E-state index in [4.69, 9.17) is 9.47 Å². The van der Waals surface area contributed by atoms with E-state index in [1.54, 1.807) is 0 Å². The number of ether oxygens (including phenoxy) is 2. The molecule has 0 saturated heterocycles. The Morgan fingerprint density at radius 1 is 0.963 bits per heavy atom. The molecule has 0 spiro atoms. The Labute approximate surface area is 163 Å². The molecule has 2 aromatic carbocycles. The molecule has 0 bridgehead atoms. The quantitative estimate of drug-likeness (QED) is 0.492. The van der Waals surface area contributed by atoms with Gasteiger partial charge in [-0.05, 0) is 43.7 Å². The Morgan fingerprint density at radius 3 is 2.22 bits per heavy atom. The largest absolute Gasteiger partial charge is 0.466 e. The van der Waals surface area contributed by atoms with Gasteiger partial charge in [-0.25, -0.2) is 0 Å². The van der Waals surface area contributed by atoms with Gasteiger partial charge in [0.25, 0.3) is 0 Å². The Hall–Kier alpha value is -2.13. The standard InChI is InChI=1S/C24H32O3/c1-5-26-24(25)22(15-18(2)3)16-23(21-9-7-6-8-10-21)27-17-20-13-11-19(4)12-14-20/h6-14,18,22-23H,5,15-17H2,1-4H3/t22-,23+/m1/s1. The maximum absolute atomic E-state index is 12.5. The van der Waals surface area contributed by atoms with Crippen molar-refractivity contribution >= 4 is 5.97 Å². The number of carbonyl (C=O) groups excluding carboxylic acids is 1. The number of rotatable bonds is 10. The van der Waals surface area contributed by atoms with Gasteiger partial charge in [0, 0.05) is 0 Å². The van der Waals surface area contributed by atoms with Gasteiger partial charge >= 0.3 is 5.97 Å². The van der Waals surface area contributed by atoms with Gasteiger partial charge in [-0.2, -0.15) is 0 Å². The Kier molecular flexibility index (Phi) is 8.53. The zero-order valence-electron chi connectivity index (χ0n) is 17.0. The highest BCUT2D eigenvalue weighted by molar-refractivity contribution is 5.72. The van der Waals surface area contributed by atoms with E-state index < -0.39 is 0 Å². The lowest BCUT2D eigenvalue weighted by Gasteiger charge is -2.24. The van der Waals surface area contributed by atoms with Gasteiger partial charge < -0.3 is 9.47 Å². The van der Waals surface area contributed by atoms with Crippen molar-refractivity contribution in [2.45, 2.75) is 53.2 Å². The summed E-state index contributed by atoms with van der Waals surface area (Å²) in [5.74, 6) is 0.146. The van der Waals surface area contributed by atoms with Gasteiger partial charge in [0.2, 0.25) is 0 Å². The van der Waals surface area contributed by atoms with Crippen molar-refractivity contribution in [3.8, 4) is 0 Å². The second-order valence-corrected chi connectivity index (χ2v) is 7.51. The third-order valence-electron chi connectivity index (χ3n) is 4.62. The van der Waals surface area contributed by atoms with Gasteiger partial charge in [-0.3, -0.25) is 4.79 Å². The molecule has 0 aliphatic carbocycles. The molecule has 3 nitrogen and oxygen atoms in total. The van der Waals surface area contributed by atoms with Crippen LogP contribution in [0.3, 0.4) is 0 Å². The van der Waals surface area contributed by atoms with E-state index in [0.29, 0.717) is 25.6 Å². The van der Waals surface area contributed by atoms with Crippen molar-refractivity contribution in [2.75, 3.05) is 6.61 Å². The predicted octanol–water partition coefficient (Wildman–Crippen LogP) is 5.87. The summed E-state index contributed by atoms with van der Waals surface area (Å²) in [5.41, 5.74) is 3.47. The SMILES string of the molecule is CCOC(=O)[C@H](CC(C)C)C[C@H](OCc1ccc(C)cc1)c1ccccc1. The molecule has 0 unspecified atom stereocenters. The molecule has 0 heterocycles. The van der Waals surface area contributed by atoms with E-state index >= 15 is 0 Å².